The molecule has 1 unspecified atom stereocenters. The molecule has 1 aliphatic rings. The molecular formula is C18H28N2O5. The normalized spacial score (nSPS) is 21.1. The Bertz CT molecular complexity index is 595. The number of urea groups is 1. The molecule has 1 aromatic rings. The van der Waals surface area contributed by atoms with Crippen molar-refractivity contribution >= 4 is 6.03 Å². The number of carbonyl (C=O) groups is 1. The summed E-state index contributed by atoms with van der Waals surface area (Å²) in [5.74, 6) is 1.32. The molecule has 1 aliphatic heterocycles. The Morgan fingerprint density at radius 2 is 1.60 bits per heavy atom. The number of amides is 2. The average molecular weight is 352 g/mol. The third kappa shape index (κ3) is 4.16. The summed E-state index contributed by atoms with van der Waals surface area (Å²) in [6.07, 6.45) is -0.206. The zero-order chi connectivity index (χ0) is 18.6. The monoisotopic (exact) mass is 352 g/mol. The number of methoxy groups -OCH3 is 4. The predicted octanol–water partition coefficient (Wildman–Crippen LogP) is 2.13. The lowest BCUT2D eigenvalue weighted by Crippen LogP contribution is -2.40. The predicted molar refractivity (Wildman–Crippen MR) is 94.4 cm³/mol. The van der Waals surface area contributed by atoms with E-state index in [9.17, 15) is 4.79 Å². The zero-order valence-corrected chi connectivity index (χ0v) is 15.8. The number of aryl methyl sites for hydroxylation is 1. The van der Waals surface area contributed by atoms with Crippen LogP contribution in [0, 0.1) is 6.92 Å². The minimum Gasteiger partial charge on any atom is -0.493 e. The van der Waals surface area contributed by atoms with Crippen LogP contribution in [0.4, 0.5) is 4.79 Å². The second-order valence-corrected chi connectivity index (χ2v) is 6.19. The van der Waals surface area contributed by atoms with Gasteiger partial charge in [0.05, 0.1) is 33.4 Å². The SMILES string of the molecule is COc1cc(C)c(C(C)NC(=O)N2C[C@H](OC)[C@H](OC)C2)cc1OC. The number of carbonyl (C=O) groups excluding carboxylic acids is 1. The van der Waals surface area contributed by atoms with E-state index in [1.54, 1.807) is 33.3 Å². The van der Waals surface area contributed by atoms with E-state index < -0.39 is 0 Å². The van der Waals surface area contributed by atoms with Crippen LogP contribution in [0.1, 0.15) is 24.1 Å². The Kier molecular flexibility index (Phi) is 6.50. The molecule has 0 saturated carbocycles. The molecule has 140 valence electrons. The number of rotatable bonds is 6. The Morgan fingerprint density at radius 1 is 1.08 bits per heavy atom. The summed E-state index contributed by atoms with van der Waals surface area (Å²) >= 11 is 0. The van der Waals surface area contributed by atoms with Crippen LogP contribution in [0.15, 0.2) is 12.1 Å². The molecule has 0 aliphatic carbocycles. The molecule has 25 heavy (non-hydrogen) atoms. The van der Waals surface area contributed by atoms with E-state index in [-0.39, 0.29) is 24.3 Å². The summed E-state index contributed by atoms with van der Waals surface area (Å²) in [5, 5.41) is 3.04. The van der Waals surface area contributed by atoms with Gasteiger partial charge < -0.3 is 29.2 Å². The van der Waals surface area contributed by atoms with Gasteiger partial charge >= 0.3 is 6.03 Å². The molecule has 7 heteroatoms. The highest BCUT2D eigenvalue weighted by Crippen LogP contribution is 2.33. The van der Waals surface area contributed by atoms with E-state index in [0.29, 0.717) is 24.6 Å². The lowest BCUT2D eigenvalue weighted by molar-refractivity contribution is -0.00461. The number of hydrogen-bond donors (Lipinski definition) is 1. The van der Waals surface area contributed by atoms with Crippen molar-refractivity contribution < 1.29 is 23.7 Å². The molecule has 0 radical (unpaired) electrons. The van der Waals surface area contributed by atoms with Crippen molar-refractivity contribution in [1.82, 2.24) is 10.2 Å². The van der Waals surface area contributed by atoms with Crippen LogP contribution >= 0.6 is 0 Å². The fraction of sp³-hybridized carbons (Fsp3) is 0.611. The first-order chi connectivity index (χ1) is 11.9. The van der Waals surface area contributed by atoms with Crippen molar-refractivity contribution in [2.24, 2.45) is 0 Å². The smallest absolute Gasteiger partial charge is 0.318 e. The number of ether oxygens (including phenoxy) is 4. The fourth-order valence-electron chi connectivity index (χ4n) is 3.18. The van der Waals surface area contributed by atoms with Crippen LogP contribution in [-0.4, -0.2) is 64.7 Å². The van der Waals surface area contributed by atoms with Gasteiger partial charge in [0.2, 0.25) is 0 Å². The van der Waals surface area contributed by atoms with E-state index >= 15 is 0 Å². The quantitative estimate of drug-likeness (QED) is 0.849. The molecular weight excluding hydrogens is 324 g/mol. The van der Waals surface area contributed by atoms with Gasteiger partial charge in [0.1, 0.15) is 12.2 Å². The first-order valence-electron chi connectivity index (χ1n) is 8.28. The van der Waals surface area contributed by atoms with Crippen molar-refractivity contribution in [3.63, 3.8) is 0 Å². The van der Waals surface area contributed by atoms with Crippen molar-refractivity contribution in [3.8, 4) is 11.5 Å². The van der Waals surface area contributed by atoms with E-state index in [0.717, 1.165) is 11.1 Å². The molecule has 0 bridgehead atoms. The Balaban J connectivity index is 2.09. The van der Waals surface area contributed by atoms with Gasteiger partial charge in [-0.05, 0) is 37.1 Å². The van der Waals surface area contributed by atoms with Gasteiger partial charge in [-0.25, -0.2) is 4.79 Å². The van der Waals surface area contributed by atoms with Crippen molar-refractivity contribution in [2.45, 2.75) is 32.1 Å². The lowest BCUT2D eigenvalue weighted by atomic mass is 10.0. The number of hydrogen-bond acceptors (Lipinski definition) is 5. The van der Waals surface area contributed by atoms with Crippen LogP contribution in [0.5, 0.6) is 11.5 Å². The first kappa shape index (κ1) is 19.3. The second-order valence-electron chi connectivity index (χ2n) is 6.19. The lowest BCUT2D eigenvalue weighted by Gasteiger charge is -2.23. The number of benzene rings is 1. The second kappa shape index (κ2) is 8.40. The molecule has 1 saturated heterocycles. The molecule has 1 fully saturated rings. The van der Waals surface area contributed by atoms with Crippen LogP contribution in [0.2, 0.25) is 0 Å². The van der Waals surface area contributed by atoms with Gasteiger partial charge in [0, 0.05) is 14.2 Å². The maximum Gasteiger partial charge on any atom is 0.318 e. The largest absolute Gasteiger partial charge is 0.493 e. The molecule has 1 heterocycles. The maximum absolute atomic E-state index is 12.6. The van der Waals surface area contributed by atoms with Gasteiger partial charge in [-0.1, -0.05) is 0 Å². The summed E-state index contributed by atoms with van der Waals surface area (Å²) in [5.41, 5.74) is 2.01. The third-order valence-electron chi connectivity index (χ3n) is 4.69. The highest BCUT2D eigenvalue weighted by molar-refractivity contribution is 5.75. The van der Waals surface area contributed by atoms with Gasteiger partial charge in [0.25, 0.3) is 0 Å². The van der Waals surface area contributed by atoms with E-state index in [2.05, 4.69) is 5.32 Å². The first-order valence-corrected chi connectivity index (χ1v) is 8.28. The third-order valence-corrected chi connectivity index (χ3v) is 4.69. The van der Waals surface area contributed by atoms with Gasteiger partial charge in [-0.3, -0.25) is 0 Å². The minimum atomic E-state index is -0.171. The molecule has 2 amide bonds. The Morgan fingerprint density at radius 3 is 2.08 bits per heavy atom. The van der Waals surface area contributed by atoms with Gasteiger partial charge in [-0.15, -0.1) is 0 Å². The van der Waals surface area contributed by atoms with Crippen molar-refractivity contribution in [3.05, 3.63) is 23.3 Å². The Hall–Kier alpha value is -1.99. The van der Waals surface area contributed by atoms with Crippen LogP contribution in [0.3, 0.4) is 0 Å². The molecule has 2 rings (SSSR count). The number of likely N-dealkylation sites (tertiary alicyclic amines) is 1. The standard InChI is InChI=1S/C18H28N2O5/c1-11-7-14(22-3)15(23-4)8-13(11)12(2)19-18(21)20-9-16(24-5)17(10-20)25-6/h7-8,12,16-17H,9-10H2,1-6H3,(H,19,21)/t12?,16-,17+. The summed E-state index contributed by atoms with van der Waals surface area (Å²) in [6, 6.07) is 3.51. The summed E-state index contributed by atoms with van der Waals surface area (Å²) in [6.45, 7) is 4.96. The minimum absolute atomic E-state index is 0.103. The van der Waals surface area contributed by atoms with Crippen LogP contribution < -0.4 is 14.8 Å². The van der Waals surface area contributed by atoms with Crippen LogP contribution in [-0.2, 0) is 9.47 Å². The van der Waals surface area contributed by atoms with Crippen molar-refractivity contribution in [1.29, 1.82) is 0 Å². The van der Waals surface area contributed by atoms with Gasteiger partial charge in [0.15, 0.2) is 11.5 Å². The average Bonchev–Trinajstić information content (AvgIpc) is 3.04. The summed E-state index contributed by atoms with van der Waals surface area (Å²) in [4.78, 5) is 14.3. The molecule has 7 nitrogen and oxygen atoms in total. The fourth-order valence-corrected chi connectivity index (χ4v) is 3.18. The Labute approximate surface area is 149 Å². The summed E-state index contributed by atoms with van der Waals surface area (Å²) in [7, 11) is 6.47. The van der Waals surface area contributed by atoms with E-state index in [1.807, 2.05) is 26.0 Å². The maximum atomic E-state index is 12.6. The van der Waals surface area contributed by atoms with Crippen LogP contribution in [0.25, 0.3) is 0 Å². The topological polar surface area (TPSA) is 69.3 Å². The molecule has 1 aromatic carbocycles. The highest BCUT2D eigenvalue weighted by atomic mass is 16.5. The highest BCUT2D eigenvalue weighted by Gasteiger charge is 2.36. The molecule has 0 aromatic heterocycles. The molecule has 0 spiro atoms. The van der Waals surface area contributed by atoms with E-state index in [1.165, 1.54) is 0 Å². The van der Waals surface area contributed by atoms with Crippen molar-refractivity contribution in [2.75, 3.05) is 41.5 Å². The summed E-state index contributed by atoms with van der Waals surface area (Å²) < 4.78 is 21.4. The zero-order valence-electron chi connectivity index (χ0n) is 15.8. The van der Waals surface area contributed by atoms with E-state index in [4.69, 9.17) is 18.9 Å². The molecule has 3 atom stereocenters. The number of nitrogens with zero attached hydrogens (tertiary/aromatic N) is 1. The number of nitrogens with one attached hydrogen (secondary N) is 1. The van der Waals surface area contributed by atoms with Gasteiger partial charge in [-0.2, -0.15) is 0 Å². The molecule has 1 N–H and O–H groups in total.